The maximum absolute atomic E-state index is 12.5. The Kier molecular flexibility index (Phi) is 2.72. The van der Waals surface area contributed by atoms with E-state index in [-0.39, 0.29) is 5.92 Å². The summed E-state index contributed by atoms with van der Waals surface area (Å²) in [7, 11) is 0. The Labute approximate surface area is 135 Å². The molecule has 112 valence electrons. The van der Waals surface area contributed by atoms with Gasteiger partial charge >= 0.3 is 0 Å². The first-order valence-electron chi connectivity index (χ1n) is 8.52. The van der Waals surface area contributed by atoms with Crippen LogP contribution in [0, 0.1) is 0 Å². The Morgan fingerprint density at radius 2 is 1.52 bits per heavy atom. The summed E-state index contributed by atoms with van der Waals surface area (Å²) in [6, 6.07) is 19.7. The van der Waals surface area contributed by atoms with Crippen LogP contribution in [0.1, 0.15) is 37.2 Å². The van der Waals surface area contributed by atoms with Crippen molar-refractivity contribution in [3.63, 3.8) is 0 Å². The lowest BCUT2D eigenvalue weighted by Gasteiger charge is -2.24. The second-order valence-electron chi connectivity index (χ2n) is 6.78. The van der Waals surface area contributed by atoms with E-state index in [1.165, 1.54) is 37.9 Å². The van der Waals surface area contributed by atoms with Gasteiger partial charge in [0.05, 0.1) is 0 Å². The van der Waals surface area contributed by atoms with Crippen LogP contribution in [0.25, 0.3) is 32.3 Å². The molecule has 4 aromatic rings. The molecule has 0 heterocycles. The van der Waals surface area contributed by atoms with Crippen molar-refractivity contribution in [2.24, 2.45) is 0 Å². The van der Waals surface area contributed by atoms with E-state index in [1.54, 1.807) is 0 Å². The molecule has 1 nitrogen and oxygen atoms in total. The fourth-order valence-corrected chi connectivity index (χ4v) is 4.39. The Morgan fingerprint density at radius 3 is 2.35 bits per heavy atom. The lowest BCUT2D eigenvalue weighted by molar-refractivity contribution is -0.121. The first-order chi connectivity index (χ1) is 11.3. The Hall–Kier alpha value is -2.41. The van der Waals surface area contributed by atoms with Gasteiger partial charge in [0, 0.05) is 12.3 Å². The van der Waals surface area contributed by atoms with Gasteiger partial charge in [0.1, 0.15) is 5.78 Å². The number of benzene rings is 4. The summed E-state index contributed by atoms with van der Waals surface area (Å²) in [5, 5.41) is 7.76. The van der Waals surface area contributed by atoms with E-state index in [0.29, 0.717) is 5.78 Å². The summed E-state index contributed by atoms with van der Waals surface area (Å²) in [4.78, 5) is 12.5. The van der Waals surface area contributed by atoms with Crippen molar-refractivity contribution < 1.29 is 4.79 Å². The molecule has 1 saturated carbocycles. The first-order valence-corrected chi connectivity index (χ1v) is 8.52. The van der Waals surface area contributed by atoms with Gasteiger partial charge in [-0.1, -0.05) is 55.0 Å². The third-order valence-electron chi connectivity index (χ3n) is 5.47. The SMILES string of the molecule is O=C1CCCCC1c1cc2cccc3ccc4cccc1c4c32. The molecule has 0 saturated heterocycles. The summed E-state index contributed by atoms with van der Waals surface area (Å²) in [5.41, 5.74) is 1.24. The molecule has 0 aliphatic heterocycles. The maximum atomic E-state index is 12.5. The molecule has 1 atom stereocenters. The van der Waals surface area contributed by atoms with Crippen molar-refractivity contribution in [2.75, 3.05) is 0 Å². The Bertz CT molecular complexity index is 1040. The van der Waals surface area contributed by atoms with Crippen molar-refractivity contribution in [1.29, 1.82) is 0 Å². The van der Waals surface area contributed by atoms with E-state index in [4.69, 9.17) is 0 Å². The number of Topliss-reactive ketones (excluding diaryl/α,β-unsaturated/α-hetero) is 1. The van der Waals surface area contributed by atoms with Gasteiger partial charge in [0.25, 0.3) is 0 Å². The summed E-state index contributed by atoms with van der Waals surface area (Å²) >= 11 is 0. The van der Waals surface area contributed by atoms with E-state index in [0.717, 1.165) is 25.7 Å². The van der Waals surface area contributed by atoms with Gasteiger partial charge in [-0.15, -0.1) is 0 Å². The van der Waals surface area contributed by atoms with E-state index < -0.39 is 0 Å². The number of rotatable bonds is 1. The van der Waals surface area contributed by atoms with E-state index in [9.17, 15) is 4.79 Å². The average Bonchev–Trinajstić information content (AvgIpc) is 2.60. The minimum absolute atomic E-state index is 0.0814. The topological polar surface area (TPSA) is 17.1 Å². The van der Waals surface area contributed by atoms with Gasteiger partial charge in [-0.25, -0.2) is 0 Å². The molecule has 5 rings (SSSR count). The molecule has 0 aromatic heterocycles. The predicted molar refractivity (Wildman–Crippen MR) is 96.4 cm³/mol. The zero-order chi connectivity index (χ0) is 15.4. The third-order valence-corrected chi connectivity index (χ3v) is 5.47. The lowest BCUT2D eigenvalue weighted by Crippen LogP contribution is -2.17. The standard InChI is InChI=1S/C22H18O/c23-20-10-2-1-8-17(20)19-13-16-7-3-5-14-11-12-15-6-4-9-18(19)22(15)21(14)16/h3-7,9,11-13,17H,1-2,8,10H2. The molecule has 1 heteroatoms. The molecule has 0 bridgehead atoms. The minimum atomic E-state index is 0.0814. The van der Waals surface area contributed by atoms with Crippen LogP contribution in [-0.4, -0.2) is 5.78 Å². The molecule has 1 aliphatic carbocycles. The Balaban J connectivity index is 1.94. The summed E-state index contributed by atoms with van der Waals surface area (Å²) in [5.74, 6) is 0.504. The van der Waals surface area contributed by atoms with Crippen LogP contribution in [0.5, 0.6) is 0 Å². The third kappa shape index (κ3) is 1.83. The monoisotopic (exact) mass is 298 g/mol. The van der Waals surface area contributed by atoms with Crippen LogP contribution < -0.4 is 0 Å². The number of carbonyl (C=O) groups is 1. The largest absolute Gasteiger partial charge is 0.299 e. The highest BCUT2D eigenvalue weighted by atomic mass is 16.1. The van der Waals surface area contributed by atoms with Crippen LogP contribution in [0.15, 0.2) is 54.6 Å². The Morgan fingerprint density at radius 1 is 0.783 bits per heavy atom. The van der Waals surface area contributed by atoms with Crippen molar-refractivity contribution in [3.05, 3.63) is 60.2 Å². The van der Waals surface area contributed by atoms with Crippen molar-refractivity contribution in [2.45, 2.75) is 31.6 Å². The molecule has 1 unspecified atom stereocenters. The normalized spacial score (nSPS) is 19.1. The molecule has 0 N–H and O–H groups in total. The van der Waals surface area contributed by atoms with E-state index >= 15 is 0 Å². The fraction of sp³-hybridized carbons (Fsp3) is 0.227. The van der Waals surface area contributed by atoms with E-state index in [2.05, 4.69) is 54.6 Å². The van der Waals surface area contributed by atoms with Crippen LogP contribution in [-0.2, 0) is 4.79 Å². The molecule has 0 spiro atoms. The summed E-state index contributed by atoms with van der Waals surface area (Å²) in [6.45, 7) is 0. The first kappa shape index (κ1) is 13.1. The molecular formula is C22H18O. The van der Waals surface area contributed by atoms with Gasteiger partial charge in [-0.2, -0.15) is 0 Å². The highest BCUT2D eigenvalue weighted by Crippen LogP contribution is 2.41. The summed E-state index contributed by atoms with van der Waals surface area (Å²) in [6.07, 6.45) is 3.96. The highest BCUT2D eigenvalue weighted by molar-refractivity contribution is 6.24. The van der Waals surface area contributed by atoms with Gasteiger partial charge < -0.3 is 0 Å². The van der Waals surface area contributed by atoms with Gasteiger partial charge in [-0.05, 0) is 56.8 Å². The predicted octanol–water partition coefficient (Wildman–Crippen LogP) is 5.81. The summed E-state index contributed by atoms with van der Waals surface area (Å²) < 4.78 is 0. The quantitative estimate of drug-likeness (QED) is 0.405. The minimum Gasteiger partial charge on any atom is -0.299 e. The number of ketones is 1. The maximum Gasteiger partial charge on any atom is 0.140 e. The highest BCUT2D eigenvalue weighted by Gasteiger charge is 2.26. The molecule has 1 aliphatic rings. The molecule has 0 radical (unpaired) electrons. The lowest BCUT2D eigenvalue weighted by atomic mass is 9.79. The molecular weight excluding hydrogens is 280 g/mol. The zero-order valence-electron chi connectivity index (χ0n) is 13.0. The van der Waals surface area contributed by atoms with Gasteiger partial charge in [-0.3, -0.25) is 4.79 Å². The van der Waals surface area contributed by atoms with Crippen LogP contribution >= 0.6 is 0 Å². The van der Waals surface area contributed by atoms with Crippen molar-refractivity contribution in [3.8, 4) is 0 Å². The zero-order valence-corrected chi connectivity index (χ0v) is 13.0. The van der Waals surface area contributed by atoms with Crippen LogP contribution in [0.4, 0.5) is 0 Å². The van der Waals surface area contributed by atoms with Crippen molar-refractivity contribution >= 4 is 38.1 Å². The van der Waals surface area contributed by atoms with E-state index in [1.807, 2.05) is 0 Å². The number of hydrogen-bond acceptors (Lipinski definition) is 1. The number of hydrogen-bond donors (Lipinski definition) is 0. The van der Waals surface area contributed by atoms with Crippen molar-refractivity contribution in [1.82, 2.24) is 0 Å². The molecule has 4 aromatic carbocycles. The number of carbonyl (C=O) groups excluding carboxylic acids is 1. The molecule has 23 heavy (non-hydrogen) atoms. The molecule has 0 amide bonds. The average molecular weight is 298 g/mol. The second-order valence-corrected chi connectivity index (χ2v) is 6.78. The second kappa shape index (κ2) is 4.79. The van der Waals surface area contributed by atoms with Crippen LogP contribution in [0.3, 0.4) is 0 Å². The van der Waals surface area contributed by atoms with Crippen LogP contribution in [0.2, 0.25) is 0 Å². The molecule has 1 fully saturated rings. The van der Waals surface area contributed by atoms with Gasteiger partial charge in [0.2, 0.25) is 0 Å². The van der Waals surface area contributed by atoms with Gasteiger partial charge in [0.15, 0.2) is 0 Å². The smallest absolute Gasteiger partial charge is 0.140 e. The fourth-order valence-electron chi connectivity index (χ4n) is 4.39.